The molecule has 0 aliphatic heterocycles. The molecule has 1 aromatic heterocycles. The molecular weight excluding hydrogens is 328 g/mol. The van der Waals surface area contributed by atoms with Crippen molar-refractivity contribution in [2.45, 2.75) is 30.5 Å². The monoisotopic (exact) mass is 348 g/mol. The van der Waals surface area contributed by atoms with Crippen LogP contribution in [0.5, 0.6) is 0 Å². The summed E-state index contributed by atoms with van der Waals surface area (Å²) in [4.78, 5) is 23.5. The molecule has 0 unspecified atom stereocenters. The first-order chi connectivity index (χ1) is 10.3. The summed E-state index contributed by atoms with van der Waals surface area (Å²) in [5.74, 6) is -1.26. The molecule has 22 heavy (non-hydrogen) atoms. The Morgan fingerprint density at radius 3 is 2.59 bits per heavy atom. The van der Waals surface area contributed by atoms with Crippen molar-refractivity contribution < 1.29 is 22.7 Å². The van der Waals surface area contributed by atoms with Crippen molar-refractivity contribution in [1.82, 2.24) is 10.0 Å². The molecule has 0 radical (unpaired) electrons. The van der Waals surface area contributed by atoms with Crippen molar-refractivity contribution in [2.75, 3.05) is 13.7 Å². The molecule has 0 spiro atoms. The van der Waals surface area contributed by atoms with Crippen LogP contribution in [0.2, 0.25) is 0 Å². The molecule has 124 valence electrons. The lowest BCUT2D eigenvalue weighted by molar-refractivity contribution is -0.146. The number of hydrogen-bond acceptors (Lipinski definition) is 6. The summed E-state index contributed by atoms with van der Waals surface area (Å²) in [6, 6.07) is 2.25. The molecule has 1 heterocycles. The van der Waals surface area contributed by atoms with E-state index >= 15 is 0 Å². The fourth-order valence-electron chi connectivity index (χ4n) is 1.67. The molecule has 0 saturated heterocycles. The second-order valence-corrected chi connectivity index (χ2v) is 7.65. The summed E-state index contributed by atoms with van der Waals surface area (Å²) >= 11 is 1.06. The largest absolute Gasteiger partial charge is 0.467 e. The maximum atomic E-state index is 11.9. The molecule has 2 N–H and O–H groups in total. The van der Waals surface area contributed by atoms with Gasteiger partial charge in [-0.05, 0) is 17.4 Å². The van der Waals surface area contributed by atoms with Gasteiger partial charge in [-0.3, -0.25) is 4.79 Å². The summed E-state index contributed by atoms with van der Waals surface area (Å²) < 4.78 is 30.8. The van der Waals surface area contributed by atoms with Crippen LogP contribution in [0.4, 0.5) is 0 Å². The third-order valence-corrected chi connectivity index (χ3v) is 5.97. The van der Waals surface area contributed by atoms with Gasteiger partial charge in [0.25, 0.3) is 10.0 Å². The summed E-state index contributed by atoms with van der Waals surface area (Å²) in [5.41, 5.74) is 0. The summed E-state index contributed by atoms with van der Waals surface area (Å²) in [5, 5.41) is 4.13. The first-order valence-electron chi connectivity index (χ1n) is 6.72. The average Bonchev–Trinajstić information content (AvgIpc) is 3.04. The number of sulfonamides is 1. The number of esters is 1. The van der Waals surface area contributed by atoms with E-state index in [4.69, 9.17) is 0 Å². The Labute approximate surface area is 134 Å². The van der Waals surface area contributed by atoms with Crippen molar-refractivity contribution in [3.05, 3.63) is 17.5 Å². The second kappa shape index (κ2) is 8.25. The van der Waals surface area contributed by atoms with E-state index in [0.29, 0.717) is 6.42 Å². The fourth-order valence-corrected chi connectivity index (χ4v) is 3.69. The van der Waals surface area contributed by atoms with Crippen molar-refractivity contribution in [3.8, 4) is 0 Å². The zero-order chi connectivity index (χ0) is 16.8. The van der Waals surface area contributed by atoms with Gasteiger partial charge in [-0.1, -0.05) is 26.3 Å². The van der Waals surface area contributed by atoms with E-state index in [1.165, 1.54) is 13.2 Å². The minimum absolute atomic E-state index is 0.120. The Bertz CT molecular complexity index is 598. The number of methoxy groups -OCH3 is 1. The third-order valence-electron chi connectivity index (χ3n) is 3.17. The highest BCUT2D eigenvalue weighted by atomic mass is 32.2. The van der Waals surface area contributed by atoms with Crippen molar-refractivity contribution in [2.24, 2.45) is 5.92 Å². The van der Waals surface area contributed by atoms with Crippen molar-refractivity contribution >= 4 is 33.2 Å². The summed E-state index contributed by atoms with van der Waals surface area (Å²) in [7, 11) is -2.47. The normalized spacial score (nSPS) is 14.1. The van der Waals surface area contributed by atoms with Gasteiger partial charge in [-0.2, -0.15) is 0 Å². The van der Waals surface area contributed by atoms with Gasteiger partial charge in [0, 0.05) is 0 Å². The van der Waals surface area contributed by atoms with E-state index in [1.807, 2.05) is 6.92 Å². The van der Waals surface area contributed by atoms with E-state index in [9.17, 15) is 18.0 Å². The Balaban J connectivity index is 2.63. The number of amides is 1. The molecular formula is C13H20N2O5S2. The van der Waals surface area contributed by atoms with Gasteiger partial charge in [0.15, 0.2) is 0 Å². The zero-order valence-corrected chi connectivity index (χ0v) is 14.3. The molecule has 1 rings (SSSR count). The quantitative estimate of drug-likeness (QED) is 0.675. The lowest BCUT2D eigenvalue weighted by atomic mass is 9.99. The van der Waals surface area contributed by atoms with Crippen LogP contribution >= 0.6 is 11.3 Å². The number of thiophene rings is 1. The zero-order valence-electron chi connectivity index (χ0n) is 12.7. The molecule has 0 saturated carbocycles. The van der Waals surface area contributed by atoms with Gasteiger partial charge in [-0.25, -0.2) is 17.9 Å². The van der Waals surface area contributed by atoms with Gasteiger partial charge < -0.3 is 10.1 Å². The first-order valence-corrected chi connectivity index (χ1v) is 9.08. The molecule has 7 nitrogen and oxygen atoms in total. The predicted octanol–water partition coefficient (Wildman–Crippen LogP) is 0.730. The van der Waals surface area contributed by atoms with Gasteiger partial charge in [0.05, 0.1) is 13.7 Å². The standard InChI is InChI=1S/C13H20N2O5S2/c1-4-9(2)12(13(17)20-3)15-10(16)8-14-22(18,19)11-6-5-7-21-11/h5-7,9,12,14H,4,8H2,1-3H3,(H,15,16)/t9-,12+/m0/s1. The van der Waals surface area contributed by atoms with Crippen molar-refractivity contribution in [1.29, 1.82) is 0 Å². The van der Waals surface area contributed by atoms with E-state index in [0.717, 1.165) is 11.3 Å². The van der Waals surface area contributed by atoms with Crippen LogP contribution in [0.25, 0.3) is 0 Å². The molecule has 0 fully saturated rings. The Kier molecular flexibility index (Phi) is 6.98. The predicted molar refractivity (Wildman–Crippen MR) is 82.9 cm³/mol. The van der Waals surface area contributed by atoms with Crippen LogP contribution in [0.3, 0.4) is 0 Å². The highest BCUT2D eigenvalue weighted by Gasteiger charge is 2.27. The Morgan fingerprint density at radius 1 is 1.41 bits per heavy atom. The topological polar surface area (TPSA) is 102 Å². The minimum atomic E-state index is -3.71. The summed E-state index contributed by atoms with van der Waals surface area (Å²) in [6.45, 7) is 3.24. The van der Waals surface area contributed by atoms with Crippen molar-refractivity contribution in [3.63, 3.8) is 0 Å². The van der Waals surface area contributed by atoms with Crippen LogP contribution in [-0.2, 0) is 24.3 Å². The number of ether oxygens (including phenoxy) is 1. The average molecular weight is 348 g/mol. The Hall–Kier alpha value is -1.45. The molecule has 0 bridgehead atoms. The molecule has 2 atom stereocenters. The van der Waals surface area contributed by atoms with Gasteiger partial charge >= 0.3 is 5.97 Å². The SMILES string of the molecule is CC[C@H](C)[C@@H](NC(=O)CNS(=O)(=O)c1cccs1)C(=O)OC. The Morgan fingerprint density at radius 2 is 2.09 bits per heavy atom. The summed E-state index contributed by atoms with van der Waals surface area (Å²) in [6.07, 6.45) is 0.668. The molecule has 9 heteroatoms. The van der Waals surface area contributed by atoms with Gasteiger partial charge in [-0.15, -0.1) is 11.3 Å². The maximum absolute atomic E-state index is 11.9. The number of nitrogens with one attached hydrogen (secondary N) is 2. The van der Waals surface area contributed by atoms with Crippen LogP contribution in [0, 0.1) is 5.92 Å². The molecule has 1 aromatic rings. The maximum Gasteiger partial charge on any atom is 0.328 e. The van der Waals surface area contributed by atoms with Gasteiger partial charge in [0.2, 0.25) is 5.91 Å². The van der Waals surface area contributed by atoms with E-state index < -0.39 is 34.5 Å². The first kappa shape index (κ1) is 18.6. The van der Waals surface area contributed by atoms with E-state index in [-0.39, 0.29) is 10.1 Å². The van der Waals surface area contributed by atoms with Crippen LogP contribution in [0.15, 0.2) is 21.7 Å². The number of hydrogen-bond donors (Lipinski definition) is 2. The minimum Gasteiger partial charge on any atom is -0.467 e. The highest BCUT2D eigenvalue weighted by Crippen LogP contribution is 2.15. The number of rotatable bonds is 8. The van der Waals surface area contributed by atoms with E-state index in [2.05, 4.69) is 14.8 Å². The second-order valence-electron chi connectivity index (χ2n) is 4.71. The molecule has 0 aliphatic carbocycles. The molecule has 1 amide bonds. The van der Waals surface area contributed by atoms with Crippen LogP contribution in [-0.4, -0.2) is 40.0 Å². The van der Waals surface area contributed by atoms with Gasteiger partial charge in [0.1, 0.15) is 10.3 Å². The lowest BCUT2D eigenvalue weighted by Crippen LogP contribution is -2.48. The molecule has 0 aliphatic rings. The smallest absolute Gasteiger partial charge is 0.328 e. The van der Waals surface area contributed by atoms with Crippen LogP contribution < -0.4 is 10.0 Å². The highest BCUT2D eigenvalue weighted by molar-refractivity contribution is 7.91. The number of carbonyl (C=O) groups excluding carboxylic acids is 2. The third kappa shape index (κ3) is 5.08. The van der Waals surface area contributed by atoms with Crippen LogP contribution in [0.1, 0.15) is 20.3 Å². The fraction of sp³-hybridized carbons (Fsp3) is 0.538. The van der Waals surface area contributed by atoms with E-state index in [1.54, 1.807) is 18.4 Å². The molecule has 0 aromatic carbocycles. The number of carbonyl (C=O) groups is 2. The lowest BCUT2D eigenvalue weighted by Gasteiger charge is -2.21.